The van der Waals surface area contributed by atoms with Gasteiger partial charge in [0, 0.05) is 0 Å². The van der Waals surface area contributed by atoms with Crippen molar-refractivity contribution < 1.29 is 4.79 Å². The summed E-state index contributed by atoms with van der Waals surface area (Å²) in [5.74, 6) is 0.650. The monoisotopic (exact) mass is 318 g/mol. The first-order chi connectivity index (χ1) is 10.6. The topological polar surface area (TPSA) is 70.7 Å². The van der Waals surface area contributed by atoms with Crippen LogP contribution in [-0.4, -0.2) is 26.8 Å². The lowest BCUT2D eigenvalue weighted by atomic mass is 9.95. The third kappa shape index (κ3) is 4.59. The fourth-order valence-corrected chi connectivity index (χ4v) is 2.80. The van der Waals surface area contributed by atoms with Gasteiger partial charge in [-0.25, -0.2) is 4.98 Å². The van der Waals surface area contributed by atoms with Crippen molar-refractivity contribution in [1.29, 1.82) is 0 Å². The van der Waals surface area contributed by atoms with Gasteiger partial charge in [-0.1, -0.05) is 56.8 Å². The Balaban J connectivity index is 1.96. The van der Waals surface area contributed by atoms with Gasteiger partial charge in [0.15, 0.2) is 5.16 Å². The molecule has 2 rings (SSSR count). The number of carbonyl (C=O) groups is 1. The number of hydrogen-bond donors (Lipinski definition) is 2. The van der Waals surface area contributed by atoms with Gasteiger partial charge in [0.1, 0.15) is 6.33 Å². The van der Waals surface area contributed by atoms with E-state index < -0.39 is 0 Å². The van der Waals surface area contributed by atoms with Crippen molar-refractivity contribution in [2.45, 2.75) is 38.4 Å². The third-order valence-electron chi connectivity index (χ3n) is 3.46. The lowest BCUT2D eigenvalue weighted by Gasteiger charge is -2.23. The largest absolute Gasteiger partial charge is 0.348 e. The molecule has 0 spiro atoms. The van der Waals surface area contributed by atoms with Crippen LogP contribution in [0.1, 0.15) is 37.9 Å². The highest BCUT2D eigenvalue weighted by Crippen LogP contribution is 2.22. The van der Waals surface area contributed by atoms with Crippen molar-refractivity contribution in [3.63, 3.8) is 0 Å². The van der Waals surface area contributed by atoms with Crippen LogP contribution >= 0.6 is 11.8 Å². The Morgan fingerprint density at radius 2 is 2.05 bits per heavy atom. The van der Waals surface area contributed by atoms with Crippen LogP contribution in [0, 0.1) is 5.92 Å². The number of rotatable bonds is 7. The molecule has 0 aliphatic carbocycles. The number of H-pyrrole nitrogens is 1. The molecule has 1 heterocycles. The standard InChI is InChI=1S/C16H22N4OS/c1-4-12-5-7-13(8-6-12)15(11(2)3)19-14(21)9-22-16-17-10-18-20-16/h5-8,10-11,15H,4,9H2,1-3H3,(H,19,21)(H,17,18,20)/t15-/m1/s1. The second-order valence-corrected chi connectivity index (χ2v) is 6.43. The van der Waals surface area contributed by atoms with E-state index in [1.54, 1.807) is 0 Å². The number of thioether (sulfide) groups is 1. The molecule has 5 nitrogen and oxygen atoms in total. The maximum Gasteiger partial charge on any atom is 0.230 e. The van der Waals surface area contributed by atoms with Crippen LogP contribution in [0.3, 0.4) is 0 Å². The summed E-state index contributed by atoms with van der Waals surface area (Å²) in [5.41, 5.74) is 2.45. The summed E-state index contributed by atoms with van der Waals surface area (Å²) in [4.78, 5) is 16.2. The molecule has 0 fully saturated rings. The average molecular weight is 318 g/mol. The summed E-state index contributed by atoms with van der Waals surface area (Å²) in [5, 5.41) is 10.3. The summed E-state index contributed by atoms with van der Waals surface area (Å²) in [6, 6.07) is 8.48. The fraction of sp³-hybridized carbons (Fsp3) is 0.438. The second kappa shape index (κ2) is 7.98. The van der Waals surface area contributed by atoms with Gasteiger partial charge < -0.3 is 5.32 Å². The minimum absolute atomic E-state index is 0.000307. The number of nitrogens with zero attached hydrogens (tertiary/aromatic N) is 2. The molecule has 0 bridgehead atoms. The Morgan fingerprint density at radius 3 is 2.59 bits per heavy atom. The van der Waals surface area contributed by atoms with Crippen LogP contribution in [0.4, 0.5) is 0 Å². The van der Waals surface area contributed by atoms with Crippen molar-refractivity contribution in [3.8, 4) is 0 Å². The van der Waals surface area contributed by atoms with E-state index in [2.05, 4.69) is 65.5 Å². The second-order valence-electron chi connectivity index (χ2n) is 5.46. The summed E-state index contributed by atoms with van der Waals surface area (Å²) in [6.45, 7) is 6.36. The number of hydrogen-bond acceptors (Lipinski definition) is 4. The molecule has 0 radical (unpaired) electrons. The predicted octanol–water partition coefficient (Wildman–Crippen LogP) is 2.97. The van der Waals surface area contributed by atoms with Crippen molar-refractivity contribution in [3.05, 3.63) is 41.7 Å². The normalized spacial score (nSPS) is 12.4. The Morgan fingerprint density at radius 1 is 1.32 bits per heavy atom. The molecule has 1 aromatic carbocycles. The van der Waals surface area contributed by atoms with Crippen LogP contribution in [0.2, 0.25) is 0 Å². The zero-order chi connectivity index (χ0) is 15.9. The van der Waals surface area contributed by atoms with Crippen LogP contribution in [0.15, 0.2) is 35.7 Å². The van der Waals surface area contributed by atoms with Gasteiger partial charge in [-0.3, -0.25) is 9.89 Å². The molecule has 1 atom stereocenters. The Kier molecular flexibility index (Phi) is 6.00. The van der Waals surface area contributed by atoms with Gasteiger partial charge in [0.05, 0.1) is 11.8 Å². The highest BCUT2D eigenvalue weighted by molar-refractivity contribution is 7.99. The quantitative estimate of drug-likeness (QED) is 0.770. The molecular weight excluding hydrogens is 296 g/mol. The van der Waals surface area contributed by atoms with Gasteiger partial charge in [0.2, 0.25) is 5.91 Å². The van der Waals surface area contributed by atoms with Crippen molar-refractivity contribution in [1.82, 2.24) is 20.5 Å². The lowest BCUT2D eigenvalue weighted by molar-refractivity contribution is -0.119. The van der Waals surface area contributed by atoms with E-state index in [-0.39, 0.29) is 11.9 Å². The maximum atomic E-state index is 12.2. The molecule has 22 heavy (non-hydrogen) atoms. The number of benzene rings is 1. The Hall–Kier alpha value is -1.82. The van der Waals surface area contributed by atoms with Gasteiger partial charge in [-0.15, -0.1) is 0 Å². The van der Waals surface area contributed by atoms with E-state index in [4.69, 9.17) is 0 Å². The molecule has 1 amide bonds. The minimum Gasteiger partial charge on any atom is -0.348 e. The van der Waals surface area contributed by atoms with E-state index in [1.807, 2.05) is 0 Å². The molecule has 0 aliphatic rings. The molecule has 0 saturated carbocycles. The first-order valence-corrected chi connectivity index (χ1v) is 8.45. The van der Waals surface area contributed by atoms with E-state index >= 15 is 0 Å². The van der Waals surface area contributed by atoms with E-state index in [9.17, 15) is 4.79 Å². The molecule has 2 aromatic rings. The number of aromatic amines is 1. The van der Waals surface area contributed by atoms with Crippen molar-refractivity contribution >= 4 is 17.7 Å². The summed E-state index contributed by atoms with van der Waals surface area (Å²) in [6.07, 6.45) is 2.46. The number of amides is 1. The van der Waals surface area contributed by atoms with Gasteiger partial charge in [-0.05, 0) is 23.5 Å². The number of aromatic nitrogens is 3. The van der Waals surface area contributed by atoms with Crippen molar-refractivity contribution in [2.75, 3.05) is 5.75 Å². The lowest BCUT2D eigenvalue weighted by Crippen LogP contribution is -2.33. The average Bonchev–Trinajstić information content (AvgIpc) is 3.04. The van der Waals surface area contributed by atoms with E-state index in [1.165, 1.54) is 23.7 Å². The molecule has 2 N–H and O–H groups in total. The maximum absolute atomic E-state index is 12.2. The zero-order valence-electron chi connectivity index (χ0n) is 13.2. The third-order valence-corrected chi connectivity index (χ3v) is 4.34. The highest BCUT2D eigenvalue weighted by Gasteiger charge is 2.18. The van der Waals surface area contributed by atoms with E-state index in [0.29, 0.717) is 16.8 Å². The number of nitrogens with one attached hydrogen (secondary N) is 2. The van der Waals surface area contributed by atoms with Crippen LogP contribution in [-0.2, 0) is 11.2 Å². The molecule has 1 aromatic heterocycles. The summed E-state index contributed by atoms with van der Waals surface area (Å²) >= 11 is 1.35. The van der Waals surface area contributed by atoms with Gasteiger partial charge in [-0.2, -0.15) is 5.10 Å². The van der Waals surface area contributed by atoms with Crippen molar-refractivity contribution in [2.24, 2.45) is 5.92 Å². The first kappa shape index (κ1) is 16.5. The van der Waals surface area contributed by atoms with Gasteiger partial charge >= 0.3 is 0 Å². The Bertz CT molecular complexity index is 581. The summed E-state index contributed by atoms with van der Waals surface area (Å²) in [7, 11) is 0. The number of aryl methyl sites for hydroxylation is 1. The van der Waals surface area contributed by atoms with Crippen LogP contribution in [0.5, 0.6) is 0 Å². The first-order valence-electron chi connectivity index (χ1n) is 7.46. The molecule has 6 heteroatoms. The fourth-order valence-electron chi connectivity index (χ4n) is 2.21. The summed E-state index contributed by atoms with van der Waals surface area (Å²) < 4.78 is 0. The minimum atomic E-state index is -0.000307. The molecule has 0 saturated heterocycles. The molecule has 0 unspecified atom stereocenters. The highest BCUT2D eigenvalue weighted by atomic mass is 32.2. The number of carbonyl (C=O) groups excluding carboxylic acids is 1. The predicted molar refractivity (Wildman–Crippen MR) is 88.6 cm³/mol. The van der Waals surface area contributed by atoms with E-state index in [0.717, 1.165) is 12.0 Å². The van der Waals surface area contributed by atoms with Crippen LogP contribution in [0.25, 0.3) is 0 Å². The van der Waals surface area contributed by atoms with Gasteiger partial charge in [0.25, 0.3) is 0 Å². The SMILES string of the molecule is CCc1ccc([C@H](NC(=O)CSc2ncn[nH]2)C(C)C)cc1. The molecular formula is C16H22N4OS. The Labute approximate surface area is 135 Å². The smallest absolute Gasteiger partial charge is 0.230 e. The molecule has 0 aliphatic heterocycles. The zero-order valence-corrected chi connectivity index (χ0v) is 14.0. The van der Waals surface area contributed by atoms with Crippen LogP contribution < -0.4 is 5.32 Å². The molecule has 118 valence electrons.